The topological polar surface area (TPSA) is 109 Å². The molecule has 3 aromatic rings. The standard InChI is InChI=1S/C21H19ClN6O3S/c22-14-4-1-2-5-15(14)23-19(30)18-20(32-26-25-18)24-21(31)27-9-12-8-13(11-27)16-6-3-7-17(29)28(16)10-12/h1-7,12-13H,8-11H2,(H,23,30)(H,24,31)/t12-,13+/m0/s1. The van der Waals surface area contributed by atoms with Crippen LogP contribution in [0.1, 0.15) is 28.5 Å². The molecule has 0 radical (unpaired) electrons. The fourth-order valence-corrected chi connectivity index (χ4v) is 5.14. The Morgan fingerprint density at radius 3 is 2.75 bits per heavy atom. The van der Waals surface area contributed by atoms with Crippen molar-refractivity contribution in [2.75, 3.05) is 23.7 Å². The van der Waals surface area contributed by atoms with Crippen LogP contribution in [-0.4, -0.2) is 44.1 Å². The zero-order chi connectivity index (χ0) is 22.2. The van der Waals surface area contributed by atoms with Gasteiger partial charge in [-0.15, -0.1) is 5.10 Å². The minimum atomic E-state index is -0.508. The van der Waals surface area contributed by atoms with E-state index in [0.717, 1.165) is 23.6 Å². The van der Waals surface area contributed by atoms with Crippen LogP contribution in [0.3, 0.4) is 0 Å². The third-order valence-corrected chi connectivity index (χ3v) is 6.78. The molecule has 2 N–H and O–H groups in total. The van der Waals surface area contributed by atoms with Crippen LogP contribution in [0.15, 0.2) is 47.3 Å². The lowest BCUT2D eigenvalue weighted by atomic mass is 9.83. The number of anilines is 2. The van der Waals surface area contributed by atoms with Gasteiger partial charge in [0.2, 0.25) is 0 Å². The maximum absolute atomic E-state index is 13.0. The summed E-state index contributed by atoms with van der Waals surface area (Å²) in [6.07, 6.45) is 0.945. The van der Waals surface area contributed by atoms with E-state index in [2.05, 4.69) is 20.2 Å². The van der Waals surface area contributed by atoms with Gasteiger partial charge in [0.05, 0.1) is 10.7 Å². The quantitative estimate of drug-likeness (QED) is 0.610. The molecule has 2 aliphatic heterocycles. The number of hydrogen-bond acceptors (Lipinski definition) is 6. The Morgan fingerprint density at radius 2 is 1.91 bits per heavy atom. The van der Waals surface area contributed by atoms with Crippen LogP contribution in [0.25, 0.3) is 0 Å². The zero-order valence-corrected chi connectivity index (χ0v) is 18.4. The molecule has 0 spiro atoms. The van der Waals surface area contributed by atoms with E-state index in [9.17, 15) is 14.4 Å². The lowest BCUT2D eigenvalue weighted by Crippen LogP contribution is -2.50. The summed E-state index contributed by atoms with van der Waals surface area (Å²) in [6.45, 7) is 1.64. The first-order valence-electron chi connectivity index (χ1n) is 10.1. The van der Waals surface area contributed by atoms with Crippen LogP contribution in [0.4, 0.5) is 15.5 Å². The number of para-hydroxylation sites is 1. The Hall–Kier alpha value is -3.24. The summed E-state index contributed by atoms with van der Waals surface area (Å²) < 4.78 is 5.65. The Morgan fingerprint density at radius 1 is 1.06 bits per heavy atom. The van der Waals surface area contributed by atoms with Gasteiger partial charge < -0.3 is 14.8 Å². The first-order chi connectivity index (χ1) is 15.5. The van der Waals surface area contributed by atoms with E-state index >= 15 is 0 Å². The predicted octanol–water partition coefficient (Wildman–Crippen LogP) is 3.26. The molecule has 5 rings (SSSR count). The highest BCUT2D eigenvalue weighted by Crippen LogP contribution is 2.35. The number of carbonyl (C=O) groups is 2. The number of amides is 3. The number of carbonyl (C=O) groups excluding carboxylic acids is 2. The molecular weight excluding hydrogens is 452 g/mol. The number of aromatic nitrogens is 3. The summed E-state index contributed by atoms with van der Waals surface area (Å²) in [5.74, 6) is -0.203. The number of urea groups is 1. The highest BCUT2D eigenvalue weighted by Gasteiger charge is 2.36. The van der Waals surface area contributed by atoms with Crippen molar-refractivity contribution in [2.45, 2.75) is 18.9 Å². The number of nitrogens with zero attached hydrogens (tertiary/aromatic N) is 4. The van der Waals surface area contributed by atoms with E-state index in [-0.39, 0.29) is 34.1 Å². The molecule has 2 aromatic heterocycles. The van der Waals surface area contributed by atoms with Crippen LogP contribution in [0.2, 0.25) is 5.02 Å². The van der Waals surface area contributed by atoms with Gasteiger partial charge in [-0.2, -0.15) is 0 Å². The number of likely N-dealkylation sites (tertiary alicyclic amines) is 1. The number of fused-ring (bicyclic) bond motifs is 4. The molecule has 2 bridgehead atoms. The largest absolute Gasteiger partial charge is 0.323 e. The molecule has 164 valence electrons. The van der Waals surface area contributed by atoms with E-state index in [1.54, 1.807) is 41.3 Å². The Bertz CT molecular complexity index is 1260. The molecule has 9 nitrogen and oxygen atoms in total. The molecule has 0 saturated carbocycles. The minimum Gasteiger partial charge on any atom is -0.323 e. The molecule has 0 unspecified atom stereocenters. The Kier molecular flexibility index (Phi) is 5.40. The molecule has 3 amide bonds. The van der Waals surface area contributed by atoms with Gasteiger partial charge in [0, 0.05) is 48.8 Å². The number of piperidine rings is 1. The molecule has 0 aliphatic carbocycles. The first-order valence-corrected chi connectivity index (χ1v) is 11.3. The number of hydrogen-bond donors (Lipinski definition) is 2. The fraction of sp³-hybridized carbons (Fsp3) is 0.286. The maximum atomic E-state index is 13.0. The van der Waals surface area contributed by atoms with Gasteiger partial charge in [-0.05, 0) is 30.5 Å². The van der Waals surface area contributed by atoms with Crippen molar-refractivity contribution in [1.82, 2.24) is 19.1 Å². The van der Waals surface area contributed by atoms with Crippen molar-refractivity contribution in [2.24, 2.45) is 5.92 Å². The third-order valence-electron chi connectivity index (χ3n) is 5.81. The molecule has 1 saturated heterocycles. The second kappa shape index (κ2) is 8.36. The molecule has 2 aliphatic rings. The van der Waals surface area contributed by atoms with Gasteiger partial charge in [0.25, 0.3) is 11.5 Å². The maximum Gasteiger partial charge on any atom is 0.322 e. The summed E-state index contributed by atoms with van der Waals surface area (Å²) >= 11 is 7.04. The fourth-order valence-electron chi connectivity index (χ4n) is 4.40. The third kappa shape index (κ3) is 3.87. The van der Waals surface area contributed by atoms with E-state index < -0.39 is 5.91 Å². The summed E-state index contributed by atoms with van der Waals surface area (Å²) in [4.78, 5) is 39.6. The second-order valence-electron chi connectivity index (χ2n) is 7.92. The van der Waals surface area contributed by atoms with Crippen molar-refractivity contribution in [1.29, 1.82) is 0 Å². The number of pyridine rings is 1. The van der Waals surface area contributed by atoms with Crippen LogP contribution < -0.4 is 16.2 Å². The van der Waals surface area contributed by atoms with Gasteiger partial charge in [0.1, 0.15) is 0 Å². The van der Waals surface area contributed by atoms with Crippen LogP contribution >= 0.6 is 23.1 Å². The normalized spacial score (nSPS) is 19.2. The predicted molar refractivity (Wildman–Crippen MR) is 121 cm³/mol. The van der Waals surface area contributed by atoms with Crippen LogP contribution in [0.5, 0.6) is 0 Å². The summed E-state index contributed by atoms with van der Waals surface area (Å²) in [5.41, 5.74) is 1.44. The average Bonchev–Trinajstić information content (AvgIpc) is 3.24. The number of halogens is 1. The monoisotopic (exact) mass is 470 g/mol. The number of rotatable bonds is 3. The minimum absolute atomic E-state index is 0.00000882. The van der Waals surface area contributed by atoms with Gasteiger partial charge in [-0.25, -0.2) is 4.79 Å². The van der Waals surface area contributed by atoms with Crippen molar-refractivity contribution in [3.63, 3.8) is 0 Å². The summed E-state index contributed by atoms with van der Waals surface area (Å²) in [6, 6.07) is 11.8. The molecule has 32 heavy (non-hydrogen) atoms. The Labute approximate surface area is 192 Å². The highest BCUT2D eigenvalue weighted by atomic mass is 35.5. The van der Waals surface area contributed by atoms with Crippen molar-refractivity contribution < 1.29 is 9.59 Å². The van der Waals surface area contributed by atoms with Crippen LogP contribution in [0, 0.1) is 5.92 Å². The molecule has 4 heterocycles. The van der Waals surface area contributed by atoms with Gasteiger partial charge in [-0.1, -0.05) is 34.3 Å². The smallest absolute Gasteiger partial charge is 0.322 e. The number of benzene rings is 1. The van der Waals surface area contributed by atoms with Crippen molar-refractivity contribution in [3.8, 4) is 0 Å². The van der Waals surface area contributed by atoms with E-state index in [1.165, 1.54) is 0 Å². The highest BCUT2D eigenvalue weighted by molar-refractivity contribution is 7.10. The number of nitrogens with one attached hydrogen (secondary N) is 2. The molecular formula is C21H19ClN6O3S. The lowest BCUT2D eigenvalue weighted by Gasteiger charge is -2.42. The van der Waals surface area contributed by atoms with Gasteiger partial charge in [-0.3, -0.25) is 14.9 Å². The van der Waals surface area contributed by atoms with E-state index in [4.69, 9.17) is 11.6 Å². The molecule has 1 fully saturated rings. The van der Waals surface area contributed by atoms with E-state index in [0.29, 0.717) is 30.3 Å². The second-order valence-corrected chi connectivity index (χ2v) is 9.08. The van der Waals surface area contributed by atoms with E-state index in [1.807, 2.05) is 10.6 Å². The Balaban J connectivity index is 1.30. The van der Waals surface area contributed by atoms with Gasteiger partial charge >= 0.3 is 6.03 Å². The lowest BCUT2D eigenvalue weighted by molar-refractivity contribution is 0.102. The zero-order valence-electron chi connectivity index (χ0n) is 16.8. The van der Waals surface area contributed by atoms with Crippen molar-refractivity contribution in [3.05, 3.63) is 69.2 Å². The first kappa shape index (κ1) is 20.7. The van der Waals surface area contributed by atoms with Crippen LogP contribution in [-0.2, 0) is 6.54 Å². The van der Waals surface area contributed by atoms with Crippen molar-refractivity contribution >= 4 is 45.8 Å². The molecule has 2 atom stereocenters. The summed E-state index contributed by atoms with van der Waals surface area (Å²) in [5, 5.41) is 10.0. The molecule has 1 aromatic carbocycles. The molecule has 11 heteroatoms. The SMILES string of the molecule is O=C(Nc1ccccc1Cl)c1nnsc1NC(=O)N1C[C@@H]2C[C@H](C1)c1cccc(=O)n1C2. The summed E-state index contributed by atoms with van der Waals surface area (Å²) in [7, 11) is 0. The average molecular weight is 471 g/mol. The van der Waals surface area contributed by atoms with Gasteiger partial charge in [0.15, 0.2) is 10.7 Å².